The van der Waals surface area contributed by atoms with Gasteiger partial charge >= 0.3 is 0 Å². The molecule has 24 heavy (non-hydrogen) atoms. The van der Waals surface area contributed by atoms with E-state index in [0.29, 0.717) is 17.4 Å². The van der Waals surface area contributed by atoms with Crippen LogP contribution in [0.3, 0.4) is 0 Å². The maximum Gasteiger partial charge on any atom is 0.269 e. The standard InChI is InChI=1S/C18H23N3O3/c1-3-15(22)20-14-11-13(10-9-12-7-5-4-6-8-12)18(24-2)21-16(14)17(19)23/h3,9-12H,1,4-8H2,2H3,(H2,19,23)(H,20,22)/b10-9+. The monoisotopic (exact) mass is 329 g/mol. The fourth-order valence-corrected chi connectivity index (χ4v) is 2.83. The maximum absolute atomic E-state index is 11.6. The number of nitrogens with one attached hydrogen (secondary N) is 1. The van der Waals surface area contributed by atoms with Gasteiger partial charge in [-0.3, -0.25) is 9.59 Å². The lowest BCUT2D eigenvalue weighted by Gasteiger charge is -2.18. The summed E-state index contributed by atoms with van der Waals surface area (Å²) in [5, 5.41) is 2.56. The Labute approximate surface area is 141 Å². The molecule has 1 aliphatic carbocycles. The number of ether oxygens (including phenoxy) is 1. The summed E-state index contributed by atoms with van der Waals surface area (Å²) in [5.74, 6) is -0.347. The predicted molar refractivity (Wildman–Crippen MR) is 93.7 cm³/mol. The van der Waals surface area contributed by atoms with Crippen molar-refractivity contribution in [2.24, 2.45) is 11.7 Å². The first-order valence-corrected chi connectivity index (χ1v) is 8.05. The molecule has 1 saturated carbocycles. The lowest BCUT2D eigenvalue weighted by Crippen LogP contribution is -2.19. The van der Waals surface area contributed by atoms with Crippen molar-refractivity contribution in [1.82, 2.24) is 4.98 Å². The van der Waals surface area contributed by atoms with Crippen LogP contribution in [0, 0.1) is 5.92 Å². The van der Waals surface area contributed by atoms with Crippen molar-refractivity contribution in [2.75, 3.05) is 12.4 Å². The van der Waals surface area contributed by atoms with Gasteiger partial charge in [0.1, 0.15) is 0 Å². The molecule has 0 bridgehead atoms. The van der Waals surface area contributed by atoms with E-state index in [1.54, 1.807) is 6.07 Å². The molecule has 6 nitrogen and oxygen atoms in total. The van der Waals surface area contributed by atoms with Crippen LogP contribution in [0.15, 0.2) is 24.8 Å². The van der Waals surface area contributed by atoms with Crippen LogP contribution in [0.1, 0.15) is 48.2 Å². The molecular formula is C18H23N3O3. The van der Waals surface area contributed by atoms with Crippen molar-refractivity contribution in [3.63, 3.8) is 0 Å². The number of anilines is 1. The van der Waals surface area contributed by atoms with Crippen molar-refractivity contribution >= 4 is 23.6 Å². The van der Waals surface area contributed by atoms with Crippen molar-refractivity contribution in [2.45, 2.75) is 32.1 Å². The number of carbonyl (C=O) groups excluding carboxylic acids is 2. The molecule has 0 aliphatic heterocycles. The predicted octanol–water partition coefficient (Wildman–Crippen LogP) is 2.91. The lowest BCUT2D eigenvalue weighted by molar-refractivity contribution is -0.111. The fourth-order valence-electron chi connectivity index (χ4n) is 2.83. The third kappa shape index (κ3) is 4.44. The first-order valence-electron chi connectivity index (χ1n) is 8.05. The van der Waals surface area contributed by atoms with E-state index in [4.69, 9.17) is 10.5 Å². The topological polar surface area (TPSA) is 94.3 Å². The van der Waals surface area contributed by atoms with Crippen LogP contribution in [0.5, 0.6) is 5.88 Å². The van der Waals surface area contributed by atoms with Crippen LogP contribution < -0.4 is 15.8 Å². The molecule has 0 spiro atoms. The van der Waals surface area contributed by atoms with Crippen molar-refractivity contribution in [3.05, 3.63) is 36.1 Å². The van der Waals surface area contributed by atoms with E-state index >= 15 is 0 Å². The molecule has 6 heteroatoms. The third-order valence-electron chi connectivity index (χ3n) is 4.08. The molecule has 2 amide bonds. The molecule has 2 rings (SSSR count). The van der Waals surface area contributed by atoms with Gasteiger partial charge in [0.25, 0.3) is 5.91 Å². The Bertz CT molecular complexity index is 662. The van der Waals surface area contributed by atoms with Crippen molar-refractivity contribution in [3.8, 4) is 5.88 Å². The molecule has 1 aromatic heterocycles. The highest BCUT2D eigenvalue weighted by molar-refractivity contribution is 6.05. The van der Waals surface area contributed by atoms with E-state index in [9.17, 15) is 9.59 Å². The lowest BCUT2D eigenvalue weighted by atomic mass is 9.89. The highest BCUT2D eigenvalue weighted by atomic mass is 16.5. The van der Waals surface area contributed by atoms with Gasteiger partial charge in [-0.2, -0.15) is 0 Å². The number of nitrogens with two attached hydrogens (primary N) is 1. The van der Waals surface area contributed by atoms with Gasteiger partial charge in [0.2, 0.25) is 11.8 Å². The van der Waals surface area contributed by atoms with Gasteiger partial charge in [-0.15, -0.1) is 0 Å². The second kappa shape index (κ2) is 8.29. The van der Waals surface area contributed by atoms with Gasteiger partial charge in [-0.25, -0.2) is 4.98 Å². The normalized spacial score (nSPS) is 15.2. The summed E-state index contributed by atoms with van der Waals surface area (Å²) in [5.41, 5.74) is 6.23. The first kappa shape index (κ1) is 17.7. The molecule has 1 aromatic rings. The van der Waals surface area contributed by atoms with E-state index < -0.39 is 11.8 Å². The van der Waals surface area contributed by atoms with Gasteiger partial charge < -0.3 is 15.8 Å². The largest absolute Gasteiger partial charge is 0.481 e. The number of primary amides is 1. The number of hydrogen-bond donors (Lipinski definition) is 2. The van der Waals surface area contributed by atoms with Gasteiger partial charge in [-0.05, 0) is 30.9 Å². The molecule has 3 N–H and O–H groups in total. The van der Waals surface area contributed by atoms with Crippen LogP contribution >= 0.6 is 0 Å². The molecule has 0 radical (unpaired) electrons. The number of hydrogen-bond acceptors (Lipinski definition) is 4. The number of aromatic nitrogens is 1. The van der Waals surface area contributed by atoms with Crippen molar-refractivity contribution < 1.29 is 14.3 Å². The number of methoxy groups -OCH3 is 1. The summed E-state index contributed by atoms with van der Waals surface area (Å²) >= 11 is 0. The van der Waals surface area contributed by atoms with Gasteiger partial charge in [-0.1, -0.05) is 38.0 Å². The summed E-state index contributed by atoms with van der Waals surface area (Å²) < 4.78 is 5.26. The van der Waals surface area contributed by atoms with Crippen LogP contribution in [-0.4, -0.2) is 23.9 Å². The highest BCUT2D eigenvalue weighted by Crippen LogP contribution is 2.28. The summed E-state index contributed by atoms with van der Waals surface area (Å²) in [7, 11) is 1.48. The van der Waals surface area contributed by atoms with E-state index in [2.05, 4.69) is 23.0 Å². The second-order valence-electron chi connectivity index (χ2n) is 5.80. The summed E-state index contributed by atoms with van der Waals surface area (Å²) in [6.07, 6.45) is 11.3. The zero-order valence-corrected chi connectivity index (χ0v) is 13.9. The Kier molecular flexibility index (Phi) is 6.12. The minimum Gasteiger partial charge on any atom is -0.481 e. The summed E-state index contributed by atoms with van der Waals surface area (Å²) in [4.78, 5) is 27.3. The zero-order valence-electron chi connectivity index (χ0n) is 13.9. The van der Waals surface area contributed by atoms with Gasteiger partial charge in [0.15, 0.2) is 5.69 Å². The van der Waals surface area contributed by atoms with E-state index in [1.165, 1.54) is 39.2 Å². The summed E-state index contributed by atoms with van der Waals surface area (Å²) in [6, 6.07) is 1.65. The van der Waals surface area contributed by atoms with Gasteiger partial charge in [0.05, 0.1) is 12.8 Å². The Balaban J connectivity index is 2.35. The SMILES string of the molecule is C=CC(=O)Nc1cc(/C=C/C2CCCCC2)c(OC)nc1C(N)=O. The van der Waals surface area contributed by atoms with Crippen LogP contribution in [0.25, 0.3) is 6.08 Å². The van der Waals surface area contributed by atoms with Crippen LogP contribution in [0.2, 0.25) is 0 Å². The number of amides is 2. The first-order chi connectivity index (χ1) is 11.5. The number of allylic oxidation sites excluding steroid dienone is 1. The minimum atomic E-state index is -0.740. The second-order valence-corrected chi connectivity index (χ2v) is 5.80. The Morgan fingerprint density at radius 2 is 2.08 bits per heavy atom. The summed E-state index contributed by atoms with van der Waals surface area (Å²) in [6.45, 7) is 3.40. The highest BCUT2D eigenvalue weighted by Gasteiger charge is 2.17. The molecule has 128 valence electrons. The smallest absolute Gasteiger partial charge is 0.269 e. The molecule has 0 aromatic carbocycles. The zero-order chi connectivity index (χ0) is 17.5. The number of rotatable bonds is 6. The van der Waals surface area contributed by atoms with E-state index in [1.807, 2.05) is 6.08 Å². The maximum atomic E-state index is 11.6. The van der Waals surface area contributed by atoms with E-state index in [0.717, 1.165) is 6.08 Å². The van der Waals surface area contributed by atoms with Crippen LogP contribution in [0.4, 0.5) is 5.69 Å². The Morgan fingerprint density at radius 1 is 1.38 bits per heavy atom. The minimum absolute atomic E-state index is 0.0446. The number of carbonyl (C=O) groups is 2. The molecule has 1 heterocycles. The van der Waals surface area contributed by atoms with E-state index in [-0.39, 0.29) is 11.4 Å². The fraction of sp³-hybridized carbons (Fsp3) is 0.389. The molecule has 1 fully saturated rings. The molecule has 1 aliphatic rings. The average molecular weight is 329 g/mol. The Morgan fingerprint density at radius 3 is 2.67 bits per heavy atom. The molecule has 0 unspecified atom stereocenters. The molecular weight excluding hydrogens is 306 g/mol. The number of nitrogens with zero attached hydrogens (tertiary/aromatic N) is 1. The van der Waals surface area contributed by atoms with Gasteiger partial charge in [0, 0.05) is 5.56 Å². The quantitative estimate of drug-likeness (QED) is 0.785. The number of pyridine rings is 1. The Hall–Kier alpha value is -2.63. The molecule has 0 atom stereocenters. The van der Waals surface area contributed by atoms with Crippen molar-refractivity contribution in [1.29, 1.82) is 0 Å². The third-order valence-corrected chi connectivity index (χ3v) is 4.08. The van der Waals surface area contributed by atoms with Crippen LogP contribution in [-0.2, 0) is 4.79 Å². The molecule has 0 saturated heterocycles. The average Bonchev–Trinajstić information content (AvgIpc) is 2.60.